The molecule has 1 aromatic carbocycles. The Bertz CT molecular complexity index is 966. The molecule has 1 saturated carbocycles. The van der Waals surface area contributed by atoms with Gasteiger partial charge >= 0.3 is 0 Å². The van der Waals surface area contributed by atoms with Gasteiger partial charge in [-0.1, -0.05) is 13.0 Å². The van der Waals surface area contributed by atoms with Crippen molar-refractivity contribution in [3.63, 3.8) is 0 Å². The van der Waals surface area contributed by atoms with Gasteiger partial charge in [0.1, 0.15) is 17.5 Å². The first-order chi connectivity index (χ1) is 14.0. The van der Waals surface area contributed by atoms with Crippen molar-refractivity contribution in [1.29, 1.82) is 21.2 Å². The molecule has 2 aliphatic rings. The minimum atomic E-state index is -1.93. The topological polar surface area (TPSA) is 108 Å². The molecule has 1 fully saturated rings. The van der Waals surface area contributed by atoms with E-state index in [0.717, 1.165) is 13.0 Å². The minimum absolute atomic E-state index is 0.169. The van der Waals surface area contributed by atoms with Crippen molar-refractivity contribution < 1.29 is 9.13 Å². The van der Waals surface area contributed by atoms with Crippen LogP contribution in [-0.2, 0) is 0 Å². The lowest BCUT2D eigenvalue weighted by molar-refractivity contribution is 0.202. The van der Waals surface area contributed by atoms with Crippen LogP contribution in [0.5, 0.6) is 5.75 Å². The SMILES string of the molecule is CCCN1CC=C2C(C#N)C(=N)C(C#N)(C#N)[C@@H](c3cc(OC)ccc3F)[C@@H]2C1. The van der Waals surface area contributed by atoms with Crippen LogP contribution in [0.15, 0.2) is 29.8 Å². The number of rotatable bonds is 4. The lowest BCUT2D eigenvalue weighted by Crippen LogP contribution is -2.53. The summed E-state index contributed by atoms with van der Waals surface area (Å²) in [6.07, 6.45) is 2.84. The molecule has 148 valence electrons. The summed E-state index contributed by atoms with van der Waals surface area (Å²) < 4.78 is 20.2. The Labute approximate surface area is 169 Å². The van der Waals surface area contributed by atoms with E-state index in [1.807, 2.05) is 18.2 Å². The maximum atomic E-state index is 15.0. The second-order valence-corrected chi connectivity index (χ2v) is 7.44. The van der Waals surface area contributed by atoms with Crippen LogP contribution in [0.25, 0.3) is 0 Å². The third kappa shape index (κ3) is 3.16. The fourth-order valence-electron chi connectivity index (χ4n) is 4.60. The van der Waals surface area contributed by atoms with Crippen LogP contribution in [0, 0.1) is 62.5 Å². The van der Waals surface area contributed by atoms with Gasteiger partial charge in [0.05, 0.1) is 31.0 Å². The molecule has 1 N–H and O–H groups in total. The molecule has 0 amide bonds. The fourth-order valence-corrected chi connectivity index (χ4v) is 4.60. The van der Waals surface area contributed by atoms with Gasteiger partial charge < -0.3 is 10.1 Å². The van der Waals surface area contributed by atoms with E-state index in [1.165, 1.54) is 25.3 Å². The number of nitrogens with zero attached hydrogens (tertiary/aromatic N) is 4. The Morgan fingerprint density at radius 3 is 2.62 bits per heavy atom. The van der Waals surface area contributed by atoms with Crippen molar-refractivity contribution in [2.24, 2.45) is 17.3 Å². The average Bonchev–Trinajstić information content (AvgIpc) is 2.74. The van der Waals surface area contributed by atoms with Crippen molar-refractivity contribution in [2.75, 3.05) is 26.7 Å². The van der Waals surface area contributed by atoms with Crippen LogP contribution in [0.1, 0.15) is 24.8 Å². The highest BCUT2D eigenvalue weighted by Crippen LogP contribution is 2.54. The number of halogens is 1. The summed E-state index contributed by atoms with van der Waals surface area (Å²) in [5.41, 5.74) is -1.32. The number of fused-ring (bicyclic) bond motifs is 1. The normalized spacial score (nSPS) is 25.7. The zero-order chi connectivity index (χ0) is 21.2. The summed E-state index contributed by atoms with van der Waals surface area (Å²) >= 11 is 0. The highest BCUT2D eigenvalue weighted by molar-refractivity contribution is 6.00. The molecule has 0 spiro atoms. The zero-order valence-corrected chi connectivity index (χ0v) is 16.4. The first kappa shape index (κ1) is 20.5. The Balaban J connectivity index is 2.27. The van der Waals surface area contributed by atoms with Gasteiger partial charge in [-0.25, -0.2) is 4.39 Å². The number of nitriles is 3. The average molecular weight is 391 g/mol. The van der Waals surface area contributed by atoms with E-state index >= 15 is 0 Å². The molecule has 0 bridgehead atoms. The van der Waals surface area contributed by atoms with Gasteiger partial charge in [-0.3, -0.25) is 4.90 Å². The number of hydrogen-bond donors (Lipinski definition) is 1. The van der Waals surface area contributed by atoms with E-state index in [1.54, 1.807) is 0 Å². The van der Waals surface area contributed by atoms with Crippen LogP contribution in [0.2, 0.25) is 0 Å². The minimum Gasteiger partial charge on any atom is -0.497 e. The Morgan fingerprint density at radius 2 is 2.03 bits per heavy atom. The Morgan fingerprint density at radius 1 is 1.31 bits per heavy atom. The van der Waals surface area contributed by atoms with Crippen molar-refractivity contribution in [3.05, 3.63) is 41.2 Å². The molecule has 1 heterocycles. The molecule has 0 radical (unpaired) electrons. The molecule has 1 unspecified atom stereocenters. The Kier molecular flexibility index (Phi) is 5.69. The van der Waals surface area contributed by atoms with Crippen molar-refractivity contribution >= 4 is 5.71 Å². The molecule has 7 heteroatoms. The van der Waals surface area contributed by atoms with E-state index < -0.39 is 29.0 Å². The van der Waals surface area contributed by atoms with Crippen LogP contribution in [0.3, 0.4) is 0 Å². The molecule has 1 aromatic rings. The van der Waals surface area contributed by atoms with Gasteiger partial charge in [0.25, 0.3) is 0 Å². The fraction of sp³-hybridized carbons (Fsp3) is 0.455. The number of benzene rings is 1. The number of nitrogens with one attached hydrogen (secondary N) is 1. The molecule has 0 saturated heterocycles. The quantitative estimate of drug-likeness (QED) is 0.792. The maximum Gasteiger partial charge on any atom is 0.189 e. The predicted molar refractivity (Wildman–Crippen MR) is 104 cm³/mol. The molecule has 3 atom stereocenters. The summed E-state index contributed by atoms with van der Waals surface area (Å²) in [4.78, 5) is 2.17. The summed E-state index contributed by atoms with van der Waals surface area (Å²) in [5.74, 6) is -2.42. The molecule has 3 rings (SSSR count). The summed E-state index contributed by atoms with van der Waals surface area (Å²) in [6.45, 7) is 4.00. The van der Waals surface area contributed by atoms with Crippen LogP contribution in [-0.4, -0.2) is 37.4 Å². The summed E-state index contributed by atoms with van der Waals surface area (Å²) in [5, 5.41) is 38.4. The predicted octanol–water partition coefficient (Wildman–Crippen LogP) is 3.39. The molecular weight excluding hydrogens is 369 g/mol. The van der Waals surface area contributed by atoms with Gasteiger partial charge in [-0.05, 0) is 42.3 Å². The van der Waals surface area contributed by atoms with Gasteiger partial charge in [-0.15, -0.1) is 0 Å². The number of ether oxygens (including phenoxy) is 1. The van der Waals surface area contributed by atoms with Crippen LogP contribution in [0.4, 0.5) is 4.39 Å². The summed E-state index contributed by atoms with van der Waals surface area (Å²) in [7, 11) is 1.46. The molecular formula is C22H22FN5O. The van der Waals surface area contributed by atoms with Crippen molar-refractivity contribution in [2.45, 2.75) is 19.3 Å². The highest BCUT2D eigenvalue weighted by atomic mass is 19.1. The second kappa shape index (κ2) is 8.03. The maximum absolute atomic E-state index is 15.0. The molecule has 1 aliphatic carbocycles. The lowest BCUT2D eigenvalue weighted by Gasteiger charge is -2.47. The molecule has 6 nitrogen and oxygen atoms in total. The summed E-state index contributed by atoms with van der Waals surface area (Å²) in [6, 6.07) is 10.3. The zero-order valence-electron chi connectivity index (χ0n) is 16.4. The monoisotopic (exact) mass is 391 g/mol. The number of hydrogen-bond acceptors (Lipinski definition) is 6. The number of methoxy groups -OCH3 is 1. The molecule has 29 heavy (non-hydrogen) atoms. The highest BCUT2D eigenvalue weighted by Gasteiger charge is 2.58. The van der Waals surface area contributed by atoms with E-state index in [-0.39, 0.29) is 11.3 Å². The van der Waals surface area contributed by atoms with Crippen molar-refractivity contribution in [3.8, 4) is 24.0 Å². The largest absolute Gasteiger partial charge is 0.497 e. The van der Waals surface area contributed by atoms with Crippen LogP contribution < -0.4 is 4.74 Å². The standard InChI is InChI=1S/C22H22FN5O/c1-3-7-28-8-6-15-17(10-24)21(27)22(12-25,13-26)20(18(15)11-28)16-9-14(29-2)4-5-19(16)23/h4-6,9,17-18,20,27H,3,7-8,11H2,1-2H3/t17?,18-,20+/m1/s1. The van der Waals surface area contributed by atoms with Crippen molar-refractivity contribution in [1.82, 2.24) is 4.90 Å². The van der Waals surface area contributed by atoms with Gasteiger partial charge in [0.2, 0.25) is 0 Å². The molecule has 1 aliphatic heterocycles. The van der Waals surface area contributed by atoms with Gasteiger partial charge in [-0.2, -0.15) is 15.8 Å². The van der Waals surface area contributed by atoms with E-state index in [9.17, 15) is 20.2 Å². The second-order valence-electron chi connectivity index (χ2n) is 7.44. The smallest absolute Gasteiger partial charge is 0.189 e. The Hall–Kier alpha value is -3.21. The van der Waals surface area contributed by atoms with E-state index in [2.05, 4.69) is 17.9 Å². The van der Waals surface area contributed by atoms with E-state index in [0.29, 0.717) is 24.4 Å². The third-order valence-corrected chi connectivity index (χ3v) is 5.94. The lowest BCUT2D eigenvalue weighted by atomic mass is 9.54. The molecule has 0 aromatic heterocycles. The first-order valence-electron chi connectivity index (χ1n) is 9.54. The van der Waals surface area contributed by atoms with Gasteiger partial charge in [0.15, 0.2) is 5.41 Å². The third-order valence-electron chi connectivity index (χ3n) is 5.94. The van der Waals surface area contributed by atoms with E-state index in [4.69, 9.17) is 10.1 Å². The van der Waals surface area contributed by atoms with Gasteiger partial charge in [0, 0.05) is 24.9 Å². The van der Waals surface area contributed by atoms with Crippen LogP contribution >= 0.6 is 0 Å². The first-order valence-corrected chi connectivity index (χ1v) is 9.54.